The fourth-order valence-electron chi connectivity index (χ4n) is 1.79. The first kappa shape index (κ1) is 16.4. The molecule has 0 aliphatic rings. The molecule has 5 heteroatoms. The molecule has 112 valence electrons. The van der Waals surface area contributed by atoms with E-state index in [0.717, 1.165) is 0 Å². The molecular formula is C15H22FNO3. The Balaban J connectivity index is 2.47. The number of carbonyl (C=O) groups excluding carboxylic acids is 1. The van der Waals surface area contributed by atoms with Gasteiger partial charge in [-0.15, -0.1) is 0 Å². The Bertz CT molecular complexity index is 437. The molecule has 4 nitrogen and oxygen atoms in total. The zero-order chi connectivity index (χ0) is 15.0. The van der Waals surface area contributed by atoms with Crippen molar-refractivity contribution in [2.75, 3.05) is 19.8 Å². The van der Waals surface area contributed by atoms with Gasteiger partial charge in [-0.1, -0.05) is 6.92 Å². The van der Waals surface area contributed by atoms with Crippen LogP contribution in [0.2, 0.25) is 0 Å². The van der Waals surface area contributed by atoms with Crippen molar-refractivity contribution in [3.63, 3.8) is 0 Å². The van der Waals surface area contributed by atoms with Gasteiger partial charge in [0.2, 0.25) is 0 Å². The highest BCUT2D eigenvalue weighted by molar-refractivity contribution is 5.75. The lowest BCUT2D eigenvalue weighted by Crippen LogP contribution is -2.39. The van der Waals surface area contributed by atoms with Gasteiger partial charge in [-0.3, -0.25) is 4.79 Å². The van der Waals surface area contributed by atoms with Crippen molar-refractivity contribution in [1.29, 1.82) is 0 Å². The van der Waals surface area contributed by atoms with Crippen LogP contribution in [0, 0.1) is 12.7 Å². The Hall–Kier alpha value is -1.62. The monoisotopic (exact) mass is 283 g/mol. The maximum absolute atomic E-state index is 13.1. The Morgan fingerprint density at radius 2 is 2.15 bits per heavy atom. The zero-order valence-corrected chi connectivity index (χ0v) is 12.2. The highest BCUT2D eigenvalue weighted by Gasteiger charge is 2.18. The Labute approximate surface area is 119 Å². The lowest BCUT2D eigenvalue weighted by Gasteiger charge is -2.16. The average molecular weight is 283 g/mol. The number of esters is 1. The number of hydrogen-bond acceptors (Lipinski definition) is 4. The van der Waals surface area contributed by atoms with Gasteiger partial charge in [-0.25, -0.2) is 4.39 Å². The lowest BCUT2D eigenvalue weighted by molar-refractivity contribution is -0.146. The van der Waals surface area contributed by atoms with E-state index < -0.39 is 0 Å². The van der Waals surface area contributed by atoms with E-state index in [2.05, 4.69) is 5.32 Å². The van der Waals surface area contributed by atoms with Gasteiger partial charge in [0.05, 0.1) is 13.2 Å². The Kier molecular flexibility index (Phi) is 7.01. The fraction of sp³-hybridized carbons (Fsp3) is 0.533. The van der Waals surface area contributed by atoms with Crippen molar-refractivity contribution in [2.45, 2.75) is 33.2 Å². The lowest BCUT2D eigenvalue weighted by atomic mass is 10.2. The summed E-state index contributed by atoms with van der Waals surface area (Å²) in [4.78, 5) is 11.7. The van der Waals surface area contributed by atoms with E-state index in [1.807, 2.05) is 6.92 Å². The molecule has 0 saturated carbocycles. The van der Waals surface area contributed by atoms with Crippen LogP contribution in [0.5, 0.6) is 5.75 Å². The van der Waals surface area contributed by atoms with E-state index in [1.165, 1.54) is 6.07 Å². The molecule has 0 spiro atoms. The molecule has 1 aromatic carbocycles. The number of halogens is 1. The van der Waals surface area contributed by atoms with Crippen molar-refractivity contribution >= 4 is 5.97 Å². The second kappa shape index (κ2) is 8.53. The Morgan fingerprint density at radius 3 is 2.75 bits per heavy atom. The Morgan fingerprint density at radius 1 is 1.40 bits per heavy atom. The van der Waals surface area contributed by atoms with Crippen molar-refractivity contribution < 1.29 is 18.7 Å². The molecule has 0 bridgehead atoms. The second-order valence-corrected chi connectivity index (χ2v) is 4.41. The molecule has 1 atom stereocenters. The third-order valence-electron chi connectivity index (χ3n) is 2.83. The van der Waals surface area contributed by atoms with Gasteiger partial charge in [0.25, 0.3) is 0 Å². The summed E-state index contributed by atoms with van der Waals surface area (Å²) in [5.41, 5.74) is 0.538. The molecule has 20 heavy (non-hydrogen) atoms. The molecule has 0 heterocycles. The van der Waals surface area contributed by atoms with Gasteiger partial charge in [0, 0.05) is 6.42 Å². The van der Waals surface area contributed by atoms with E-state index in [4.69, 9.17) is 9.47 Å². The first-order valence-corrected chi connectivity index (χ1v) is 6.87. The summed E-state index contributed by atoms with van der Waals surface area (Å²) in [7, 11) is 0. The van der Waals surface area contributed by atoms with Crippen LogP contribution in [0.1, 0.15) is 25.8 Å². The number of likely N-dealkylation sites (N-methyl/N-ethyl adjacent to an activating group) is 1. The molecule has 0 radical (unpaired) electrons. The van der Waals surface area contributed by atoms with Crippen LogP contribution in [0.15, 0.2) is 18.2 Å². The maximum Gasteiger partial charge on any atom is 0.323 e. The number of carbonyl (C=O) groups is 1. The molecular weight excluding hydrogens is 261 g/mol. The highest BCUT2D eigenvalue weighted by Crippen LogP contribution is 2.16. The van der Waals surface area contributed by atoms with Gasteiger partial charge >= 0.3 is 5.97 Å². The topological polar surface area (TPSA) is 47.6 Å². The fourth-order valence-corrected chi connectivity index (χ4v) is 1.79. The average Bonchev–Trinajstić information content (AvgIpc) is 2.42. The third-order valence-corrected chi connectivity index (χ3v) is 2.83. The zero-order valence-electron chi connectivity index (χ0n) is 12.2. The second-order valence-electron chi connectivity index (χ2n) is 4.41. The summed E-state index contributed by atoms with van der Waals surface area (Å²) in [5.74, 6) is 0.0747. The van der Waals surface area contributed by atoms with Gasteiger partial charge < -0.3 is 14.8 Å². The molecule has 0 aliphatic carbocycles. The molecule has 0 amide bonds. The minimum absolute atomic E-state index is 0.255. The summed E-state index contributed by atoms with van der Waals surface area (Å²) in [6.45, 7) is 6.79. The molecule has 1 rings (SSSR count). The van der Waals surface area contributed by atoms with Crippen LogP contribution in [0.3, 0.4) is 0 Å². The smallest absolute Gasteiger partial charge is 0.323 e. The van der Waals surface area contributed by atoms with Gasteiger partial charge in [-0.05, 0) is 44.2 Å². The number of rotatable bonds is 8. The van der Waals surface area contributed by atoms with E-state index in [1.54, 1.807) is 26.0 Å². The summed E-state index contributed by atoms with van der Waals surface area (Å²) < 4.78 is 23.6. The van der Waals surface area contributed by atoms with Crippen LogP contribution in [0.4, 0.5) is 4.39 Å². The quantitative estimate of drug-likeness (QED) is 0.744. The molecule has 1 N–H and O–H groups in total. The molecule has 0 aromatic heterocycles. The van der Waals surface area contributed by atoms with Crippen LogP contribution < -0.4 is 10.1 Å². The van der Waals surface area contributed by atoms with Crippen LogP contribution in [-0.4, -0.2) is 31.8 Å². The van der Waals surface area contributed by atoms with E-state index >= 15 is 0 Å². The van der Waals surface area contributed by atoms with Crippen molar-refractivity contribution in [3.8, 4) is 5.75 Å². The minimum atomic E-state index is -0.374. The molecule has 1 unspecified atom stereocenters. The van der Waals surface area contributed by atoms with Crippen molar-refractivity contribution in [2.24, 2.45) is 0 Å². The standard InChI is InChI=1S/C15H22FNO3/c1-4-17-14(15(18)19-5-2)8-9-20-12-6-7-13(16)11(3)10-12/h6-7,10,14,17H,4-5,8-9H2,1-3H3. The predicted molar refractivity (Wildman–Crippen MR) is 75.3 cm³/mol. The molecule has 1 aromatic rings. The third kappa shape index (κ3) is 5.17. The van der Waals surface area contributed by atoms with Gasteiger partial charge in [0.1, 0.15) is 17.6 Å². The SMILES string of the molecule is CCNC(CCOc1ccc(F)c(C)c1)C(=O)OCC. The molecule has 0 saturated heterocycles. The number of aryl methyl sites for hydroxylation is 1. The highest BCUT2D eigenvalue weighted by atomic mass is 19.1. The number of nitrogens with one attached hydrogen (secondary N) is 1. The summed E-state index contributed by atoms with van der Waals surface area (Å²) in [6, 6.07) is 4.22. The van der Waals surface area contributed by atoms with E-state index in [-0.39, 0.29) is 17.8 Å². The predicted octanol–water partition coefficient (Wildman–Crippen LogP) is 2.44. The number of benzene rings is 1. The van der Waals surface area contributed by atoms with Gasteiger partial charge in [-0.2, -0.15) is 0 Å². The molecule has 0 aliphatic heterocycles. The first-order valence-electron chi connectivity index (χ1n) is 6.87. The largest absolute Gasteiger partial charge is 0.494 e. The minimum Gasteiger partial charge on any atom is -0.494 e. The summed E-state index contributed by atoms with van der Waals surface area (Å²) >= 11 is 0. The number of ether oxygens (including phenoxy) is 2. The van der Waals surface area contributed by atoms with Crippen LogP contribution in [0.25, 0.3) is 0 Å². The first-order chi connectivity index (χ1) is 9.58. The normalized spacial score (nSPS) is 12.0. The molecule has 0 fully saturated rings. The maximum atomic E-state index is 13.1. The van der Waals surface area contributed by atoms with E-state index in [0.29, 0.717) is 37.5 Å². The van der Waals surface area contributed by atoms with Crippen LogP contribution >= 0.6 is 0 Å². The number of hydrogen-bond donors (Lipinski definition) is 1. The van der Waals surface area contributed by atoms with Crippen molar-refractivity contribution in [1.82, 2.24) is 5.32 Å². The van der Waals surface area contributed by atoms with Crippen LogP contribution in [-0.2, 0) is 9.53 Å². The van der Waals surface area contributed by atoms with Gasteiger partial charge in [0.15, 0.2) is 0 Å². The summed E-state index contributed by atoms with van der Waals surface area (Å²) in [6.07, 6.45) is 0.503. The van der Waals surface area contributed by atoms with Crippen molar-refractivity contribution in [3.05, 3.63) is 29.6 Å². The summed E-state index contributed by atoms with van der Waals surface area (Å²) in [5, 5.41) is 3.06. The van der Waals surface area contributed by atoms with E-state index in [9.17, 15) is 9.18 Å².